The third-order valence-electron chi connectivity index (χ3n) is 13.2. The van der Waals surface area contributed by atoms with Crippen molar-refractivity contribution in [2.75, 3.05) is 26.4 Å². The summed E-state index contributed by atoms with van der Waals surface area (Å²) >= 11 is 0. The van der Waals surface area contributed by atoms with Crippen molar-refractivity contribution in [3.8, 4) is 0 Å². The van der Waals surface area contributed by atoms with Crippen molar-refractivity contribution in [2.45, 2.75) is 315 Å². The first-order valence-corrected chi connectivity index (χ1v) is 30.6. The normalized spacial score (nSPS) is 13.5. The fourth-order valence-corrected chi connectivity index (χ4v) is 9.50. The summed E-state index contributed by atoms with van der Waals surface area (Å²) in [5.41, 5.74) is 0. The smallest absolute Gasteiger partial charge is 0.462 e. The Morgan fingerprint density at radius 3 is 1.10 bits per heavy atom. The van der Waals surface area contributed by atoms with E-state index in [0.29, 0.717) is 12.8 Å². The molecular formula is C57H111O10P. The number of phosphoric acid groups is 1. The van der Waals surface area contributed by atoms with Crippen LogP contribution in [0.2, 0.25) is 0 Å². The summed E-state index contributed by atoms with van der Waals surface area (Å²) in [6.45, 7) is 2.44. The minimum atomic E-state index is -4.63. The van der Waals surface area contributed by atoms with Gasteiger partial charge in [-0.2, -0.15) is 0 Å². The number of aliphatic hydroxyl groups is 2. The van der Waals surface area contributed by atoms with Gasteiger partial charge in [-0.05, 0) is 32.1 Å². The summed E-state index contributed by atoms with van der Waals surface area (Å²) in [5.74, 6) is -0.941. The largest absolute Gasteiger partial charge is 0.472 e. The van der Waals surface area contributed by atoms with E-state index in [1.165, 1.54) is 231 Å². The van der Waals surface area contributed by atoms with Crippen LogP contribution in [0.25, 0.3) is 0 Å². The molecule has 0 heterocycles. The molecule has 0 radical (unpaired) electrons. The zero-order valence-electron chi connectivity index (χ0n) is 44.6. The molecule has 0 saturated heterocycles. The number of rotatable bonds is 56. The lowest BCUT2D eigenvalue weighted by Crippen LogP contribution is -2.29. The fraction of sp³-hybridized carbons (Fsp3) is 0.930. The van der Waals surface area contributed by atoms with Crippen LogP contribution in [0.15, 0.2) is 12.2 Å². The average Bonchev–Trinajstić information content (AvgIpc) is 3.33. The van der Waals surface area contributed by atoms with E-state index in [4.69, 9.17) is 23.6 Å². The molecule has 10 nitrogen and oxygen atoms in total. The molecule has 0 aromatic rings. The molecule has 0 spiro atoms. The van der Waals surface area contributed by atoms with Gasteiger partial charge in [0.05, 0.1) is 19.8 Å². The molecule has 68 heavy (non-hydrogen) atoms. The maximum absolute atomic E-state index is 12.7. The zero-order valence-corrected chi connectivity index (χ0v) is 45.5. The SMILES string of the molecule is CCCCCCCCCCCCCCCCCCCC/C=C/CCCC(=O)O[C@H](COC(=O)CCCCCCCCCCCCCCCCCCCCCCCC)COP(=O)(O)OC[C@@H](O)CO. The van der Waals surface area contributed by atoms with Gasteiger partial charge in [0, 0.05) is 12.8 Å². The quantitative estimate of drug-likeness (QED) is 0.0233. The van der Waals surface area contributed by atoms with Crippen LogP contribution in [0.5, 0.6) is 0 Å². The highest BCUT2D eigenvalue weighted by Crippen LogP contribution is 2.43. The Kier molecular flexibility index (Phi) is 52.5. The average molecular weight is 987 g/mol. The summed E-state index contributed by atoms with van der Waals surface area (Å²) in [5, 5.41) is 18.4. The summed E-state index contributed by atoms with van der Waals surface area (Å²) in [4.78, 5) is 35.3. The lowest BCUT2D eigenvalue weighted by Gasteiger charge is -2.20. The third-order valence-corrected chi connectivity index (χ3v) is 14.1. The maximum atomic E-state index is 12.7. The lowest BCUT2D eigenvalue weighted by molar-refractivity contribution is -0.161. The molecule has 0 amide bonds. The standard InChI is InChI=1S/C57H111O10P/c1-3-5-7-9-11-13-15-17-19-21-23-25-27-29-31-33-35-37-39-41-43-45-47-49-57(61)67-55(53-66-68(62,63)65-51-54(59)50-58)52-64-56(60)48-46-44-42-40-38-36-34-32-30-28-26-24-22-20-18-16-14-12-10-8-6-4-2/h41,43,54-55,58-59H,3-40,42,44-53H2,1-2H3,(H,62,63)/b43-41+/t54-,55+/m0/s1. The third kappa shape index (κ3) is 52.5. The molecule has 0 aliphatic heterocycles. The monoisotopic (exact) mass is 987 g/mol. The molecule has 404 valence electrons. The van der Waals surface area contributed by atoms with Crippen LogP contribution in [0.3, 0.4) is 0 Å². The first-order valence-electron chi connectivity index (χ1n) is 29.1. The van der Waals surface area contributed by atoms with Crippen molar-refractivity contribution in [1.82, 2.24) is 0 Å². The van der Waals surface area contributed by atoms with Crippen molar-refractivity contribution < 1.29 is 47.8 Å². The van der Waals surface area contributed by atoms with E-state index in [1.54, 1.807) is 0 Å². The van der Waals surface area contributed by atoms with Gasteiger partial charge in [-0.3, -0.25) is 18.6 Å². The van der Waals surface area contributed by atoms with Crippen LogP contribution in [-0.4, -0.2) is 65.7 Å². The van der Waals surface area contributed by atoms with Gasteiger partial charge in [0.1, 0.15) is 12.7 Å². The van der Waals surface area contributed by atoms with E-state index in [2.05, 4.69) is 26.0 Å². The van der Waals surface area contributed by atoms with Crippen LogP contribution in [0.4, 0.5) is 0 Å². The van der Waals surface area contributed by atoms with E-state index in [0.717, 1.165) is 32.1 Å². The second-order valence-corrected chi connectivity index (χ2v) is 21.5. The first-order chi connectivity index (χ1) is 33.2. The van der Waals surface area contributed by atoms with Crippen molar-refractivity contribution in [1.29, 1.82) is 0 Å². The minimum absolute atomic E-state index is 0.142. The number of carbonyl (C=O) groups is 2. The molecule has 3 N–H and O–H groups in total. The zero-order chi connectivity index (χ0) is 49.7. The van der Waals surface area contributed by atoms with Crippen molar-refractivity contribution in [3.63, 3.8) is 0 Å². The van der Waals surface area contributed by atoms with Gasteiger partial charge in [-0.1, -0.05) is 270 Å². The summed E-state index contributed by atoms with van der Waals surface area (Å²) in [7, 11) is -4.63. The molecule has 11 heteroatoms. The second kappa shape index (κ2) is 53.5. The van der Waals surface area contributed by atoms with E-state index in [1.807, 2.05) is 0 Å². The Hall–Kier alpha value is -1.29. The highest BCUT2D eigenvalue weighted by Gasteiger charge is 2.27. The van der Waals surface area contributed by atoms with E-state index < -0.39 is 51.8 Å². The highest BCUT2D eigenvalue weighted by molar-refractivity contribution is 7.47. The highest BCUT2D eigenvalue weighted by atomic mass is 31.2. The van der Waals surface area contributed by atoms with Gasteiger partial charge in [0.25, 0.3) is 0 Å². The molecule has 0 aliphatic carbocycles. The molecular weight excluding hydrogens is 876 g/mol. The molecule has 0 aromatic carbocycles. The number of hydrogen-bond donors (Lipinski definition) is 3. The predicted molar refractivity (Wildman–Crippen MR) is 284 cm³/mol. The van der Waals surface area contributed by atoms with Crippen LogP contribution in [-0.2, 0) is 32.7 Å². The van der Waals surface area contributed by atoms with Crippen LogP contribution in [0.1, 0.15) is 303 Å². The van der Waals surface area contributed by atoms with Gasteiger partial charge < -0.3 is 24.6 Å². The van der Waals surface area contributed by atoms with Gasteiger partial charge in [-0.15, -0.1) is 0 Å². The summed E-state index contributed by atoms with van der Waals surface area (Å²) < 4.78 is 32.9. The Bertz CT molecular complexity index is 1140. The molecule has 0 saturated carbocycles. The van der Waals surface area contributed by atoms with Crippen molar-refractivity contribution in [2.24, 2.45) is 0 Å². The number of aliphatic hydroxyl groups excluding tert-OH is 2. The topological polar surface area (TPSA) is 149 Å². The Balaban J connectivity index is 4.08. The number of ether oxygens (including phenoxy) is 2. The van der Waals surface area contributed by atoms with E-state index >= 15 is 0 Å². The molecule has 3 atom stereocenters. The molecule has 0 aromatic heterocycles. The van der Waals surface area contributed by atoms with E-state index in [-0.39, 0.29) is 19.4 Å². The van der Waals surface area contributed by atoms with E-state index in [9.17, 15) is 24.2 Å². The maximum Gasteiger partial charge on any atom is 0.472 e. The number of phosphoric ester groups is 1. The number of allylic oxidation sites excluding steroid dienone is 2. The van der Waals surface area contributed by atoms with Crippen molar-refractivity contribution >= 4 is 19.8 Å². The Morgan fingerprint density at radius 2 is 0.735 bits per heavy atom. The predicted octanol–water partition coefficient (Wildman–Crippen LogP) is 17.1. The minimum Gasteiger partial charge on any atom is -0.462 e. The summed E-state index contributed by atoms with van der Waals surface area (Å²) in [6.07, 6.45) is 57.8. The van der Waals surface area contributed by atoms with Gasteiger partial charge >= 0.3 is 19.8 Å². The van der Waals surface area contributed by atoms with Crippen LogP contribution < -0.4 is 0 Å². The Labute approximate surface area is 419 Å². The van der Waals surface area contributed by atoms with Gasteiger partial charge in [0.2, 0.25) is 0 Å². The number of hydrogen-bond acceptors (Lipinski definition) is 9. The molecule has 0 rings (SSSR count). The number of carbonyl (C=O) groups excluding carboxylic acids is 2. The molecule has 0 bridgehead atoms. The molecule has 0 fully saturated rings. The molecule has 1 unspecified atom stereocenters. The van der Waals surface area contributed by atoms with Crippen molar-refractivity contribution in [3.05, 3.63) is 12.2 Å². The molecule has 0 aliphatic rings. The van der Waals surface area contributed by atoms with Gasteiger partial charge in [-0.25, -0.2) is 4.57 Å². The second-order valence-electron chi connectivity index (χ2n) is 20.0. The van der Waals surface area contributed by atoms with Crippen LogP contribution >= 0.6 is 7.82 Å². The Morgan fingerprint density at radius 1 is 0.426 bits per heavy atom. The fourth-order valence-electron chi connectivity index (χ4n) is 8.71. The number of unbranched alkanes of at least 4 members (excludes halogenated alkanes) is 40. The lowest BCUT2D eigenvalue weighted by atomic mass is 10.0. The van der Waals surface area contributed by atoms with Gasteiger partial charge in [0.15, 0.2) is 6.10 Å². The van der Waals surface area contributed by atoms with Crippen LogP contribution in [0, 0.1) is 0 Å². The number of esters is 2. The first kappa shape index (κ1) is 66.7. The summed E-state index contributed by atoms with van der Waals surface area (Å²) in [6, 6.07) is 0.